The van der Waals surface area contributed by atoms with Crippen LogP contribution in [-0.2, 0) is 20.0 Å². The van der Waals surface area contributed by atoms with Gasteiger partial charge in [0.2, 0.25) is 10.0 Å². The highest BCUT2D eigenvalue weighted by atomic mass is 32.2. The molecule has 2 aromatic carbocycles. The molecule has 180 valence electrons. The predicted octanol–water partition coefficient (Wildman–Crippen LogP) is 3.48. The Labute approximate surface area is 200 Å². The molecule has 1 fully saturated rings. The summed E-state index contributed by atoms with van der Waals surface area (Å²) >= 11 is 1.39. The summed E-state index contributed by atoms with van der Waals surface area (Å²) in [5, 5.41) is 0. The number of carbonyl (C=O) groups is 1. The van der Waals surface area contributed by atoms with Gasteiger partial charge in [-0.05, 0) is 61.6 Å². The molecule has 0 radical (unpaired) electrons. The fraction of sp³-hybridized carbons (Fsp3) is 0.409. The molecule has 0 bridgehead atoms. The molecular formula is C22H29N3O5S3. The first kappa shape index (κ1) is 25.5. The van der Waals surface area contributed by atoms with Gasteiger partial charge >= 0.3 is 0 Å². The molecule has 0 unspecified atom stereocenters. The number of amides is 1. The first-order valence-electron chi connectivity index (χ1n) is 10.7. The molecule has 3 rings (SSSR count). The van der Waals surface area contributed by atoms with Crippen molar-refractivity contribution in [3.8, 4) is 0 Å². The van der Waals surface area contributed by atoms with Crippen LogP contribution < -0.4 is 4.72 Å². The van der Waals surface area contributed by atoms with E-state index in [4.69, 9.17) is 0 Å². The number of anilines is 1. The molecular weight excluding hydrogens is 482 g/mol. The number of hydrogen-bond acceptors (Lipinski definition) is 6. The Bertz CT molecular complexity index is 1200. The van der Waals surface area contributed by atoms with Gasteiger partial charge in [0.25, 0.3) is 15.9 Å². The van der Waals surface area contributed by atoms with Crippen LogP contribution in [0.2, 0.25) is 0 Å². The molecule has 0 aromatic heterocycles. The maximum atomic E-state index is 13.0. The molecule has 1 N–H and O–H groups in total. The van der Waals surface area contributed by atoms with E-state index < -0.39 is 20.0 Å². The highest BCUT2D eigenvalue weighted by molar-refractivity contribution is 7.98. The van der Waals surface area contributed by atoms with E-state index in [0.29, 0.717) is 31.7 Å². The normalized spacial score (nSPS) is 14.6. The lowest BCUT2D eigenvalue weighted by Gasteiger charge is -2.19. The van der Waals surface area contributed by atoms with Crippen LogP contribution in [-0.4, -0.2) is 64.4 Å². The lowest BCUT2D eigenvalue weighted by atomic mass is 10.2. The molecule has 11 heteroatoms. The van der Waals surface area contributed by atoms with Gasteiger partial charge in [-0.25, -0.2) is 16.8 Å². The molecule has 0 atom stereocenters. The van der Waals surface area contributed by atoms with E-state index in [1.807, 2.05) is 6.26 Å². The lowest BCUT2D eigenvalue weighted by molar-refractivity contribution is 0.0789. The topological polar surface area (TPSA) is 104 Å². The monoisotopic (exact) mass is 511 g/mol. The number of carbonyl (C=O) groups excluding carboxylic acids is 1. The molecule has 0 saturated carbocycles. The zero-order chi connectivity index (χ0) is 24.2. The van der Waals surface area contributed by atoms with Gasteiger partial charge in [0.15, 0.2) is 0 Å². The average Bonchev–Trinajstić information content (AvgIpc) is 3.34. The first-order chi connectivity index (χ1) is 15.6. The van der Waals surface area contributed by atoms with Crippen LogP contribution in [0.15, 0.2) is 57.2 Å². The largest absolute Gasteiger partial charge is 0.339 e. The Kier molecular flexibility index (Phi) is 8.09. The number of likely N-dealkylation sites (tertiary alicyclic amines) is 1. The Balaban J connectivity index is 1.86. The molecule has 1 aliphatic heterocycles. The van der Waals surface area contributed by atoms with E-state index in [-0.39, 0.29) is 21.4 Å². The quantitative estimate of drug-likeness (QED) is 0.517. The summed E-state index contributed by atoms with van der Waals surface area (Å²) in [6.45, 7) is 5.55. The van der Waals surface area contributed by atoms with Crippen LogP contribution >= 0.6 is 11.8 Å². The Morgan fingerprint density at radius 3 is 2.09 bits per heavy atom. The number of benzene rings is 2. The highest BCUT2D eigenvalue weighted by Gasteiger charge is 2.25. The molecule has 1 aliphatic rings. The summed E-state index contributed by atoms with van der Waals surface area (Å²) in [4.78, 5) is 15.5. The van der Waals surface area contributed by atoms with Crippen molar-refractivity contribution in [3.63, 3.8) is 0 Å². The van der Waals surface area contributed by atoms with Gasteiger partial charge in [-0.1, -0.05) is 13.8 Å². The molecule has 8 nitrogen and oxygen atoms in total. The van der Waals surface area contributed by atoms with E-state index in [0.717, 1.165) is 17.7 Å². The van der Waals surface area contributed by atoms with Crippen molar-refractivity contribution in [2.75, 3.05) is 37.2 Å². The molecule has 1 amide bonds. The number of hydrogen-bond donors (Lipinski definition) is 1. The van der Waals surface area contributed by atoms with Gasteiger partial charge in [0.05, 0.1) is 15.4 Å². The van der Waals surface area contributed by atoms with Crippen molar-refractivity contribution in [2.45, 2.75) is 41.4 Å². The van der Waals surface area contributed by atoms with E-state index >= 15 is 0 Å². The number of nitrogens with one attached hydrogen (secondary N) is 1. The van der Waals surface area contributed by atoms with Crippen molar-refractivity contribution < 1.29 is 21.6 Å². The lowest BCUT2D eigenvalue weighted by Crippen LogP contribution is -2.30. The molecule has 0 spiro atoms. The summed E-state index contributed by atoms with van der Waals surface area (Å²) in [6.07, 6.45) is 3.73. The molecule has 1 heterocycles. The van der Waals surface area contributed by atoms with Crippen LogP contribution in [0.3, 0.4) is 0 Å². The number of nitrogens with zero attached hydrogens (tertiary/aromatic N) is 2. The molecule has 1 saturated heterocycles. The SMILES string of the molecule is CCN(CC)S(=O)(=O)c1ccc(NS(=O)(=O)c2ccc(SC)c(C(=O)N3CCCC3)c2)cc1. The number of rotatable bonds is 9. The van der Waals surface area contributed by atoms with Crippen LogP contribution in [0, 0.1) is 0 Å². The third-order valence-corrected chi connectivity index (χ3v) is 9.79. The summed E-state index contributed by atoms with van der Waals surface area (Å²) in [5.74, 6) is -0.167. The van der Waals surface area contributed by atoms with Crippen LogP contribution in [0.4, 0.5) is 5.69 Å². The maximum Gasteiger partial charge on any atom is 0.261 e. The van der Waals surface area contributed by atoms with Crippen LogP contribution in [0.25, 0.3) is 0 Å². The third-order valence-electron chi connectivity index (χ3n) is 5.55. The zero-order valence-corrected chi connectivity index (χ0v) is 21.4. The summed E-state index contributed by atoms with van der Waals surface area (Å²) in [7, 11) is -7.61. The summed E-state index contributed by atoms with van der Waals surface area (Å²) < 4.78 is 55.1. The summed E-state index contributed by atoms with van der Waals surface area (Å²) in [5.41, 5.74) is 0.600. The van der Waals surface area contributed by atoms with Gasteiger partial charge in [0.1, 0.15) is 0 Å². The Morgan fingerprint density at radius 1 is 0.970 bits per heavy atom. The van der Waals surface area contributed by atoms with Crippen molar-refractivity contribution in [2.24, 2.45) is 0 Å². The maximum absolute atomic E-state index is 13.0. The van der Waals surface area contributed by atoms with Gasteiger partial charge < -0.3 is 4.90 Å². The molecule has 33 heavy (non-hydrogen) atoms. The van der Waals surface area contributed by atoms with Crippen molar-refractivity contribution >= 4 is 43.4 Å². The predicted molar refractivity (Wildman–Crippen MR) is 131 cm³/mol. The van der Waals surface area contributed by atoms with E-state index in [1.54, 1.807) is 24.8 Å². The minimum absolute atomic E-state index is 0.0253. The molecule has 2 aromatic rings. The third kappa shape index (κ3) is 5.53. The van der Waals surface area contributed by atoms with E-state index in [9.17, 15) is 21.6 Å². The van der Waals surface area contributed by atoms with Crippen molar-refractivity contribution in [1.29, 1.82) is 0 Å². The second-order valence-electron chi connectivity index (χ2n) is 7.58. The fourth-order valence-electron chi connectivity index (χ4n) is 3.73. The average molecular weight is 512 g/mol. The Morgan fingerprint density at radius 2 is 1.55 bits per heavy atom. The summed E-state index contributed by atoms with van der Waals surface area (Å²) in [6, 6.07) is 10.1. The number of thioether (sulfide) groups is 1. The fourth-order valence-corrected chi connectivity index (χ4v) is 6.85. The zero-order valence-electron chi connectivity index (χ0n) is 18.9. The van der Waals surface area contributed by atoms with Crippen molar-refractivity contribution in [3.05, 3.63) is 48.0 Å². The first-order valence-corrected chi connectivity index (χ1v) is 14.9. The number of sulfonamides is 2. The standard InChI is InChI=1S/C22H29N3O5S3/c1-4-25(5-2)33(29,30)18-10-8-17(9-11-18)23-32(27,28)19-12-13-21(31-3)20(16-19)22(26)24-14-6-7-15-24/h8-13,16,23H,4-7,14-15H2,1-3H3. The Hall–Kier alpha value is -2.08. The second kappa shape index (κ2) is 10.5. The minimum Gasteiger partial charge on any atom is -0.339 e. The van der Waals surface area contributed by atoms with Crippen molar-refractivity contribution in [1.82, 2.24) is 9.21 Å². The van der Waals surface area contributed by atoms with Crippen LogP contribution in [0.5, 0.6) is 0 Å². The van der Waals surface area contributed by atoms with Gasteiger partial charge in [-0.2, -0.15) is 4.31 Å². The highest BCUT2D eigenvalue weighted by Crippen LogP contribution is 2.27. The molecule has 0 aliphatic carbocycles. The van der Waals surface area contributed by atoms with Gasteiger partial charge in [-0.3, -0.25) is 9.52 Å². The minimum atomic E-state index is -3.98. The van der Waals surface area contributed by atoms with E-state index in [1.165, 1.54) is 52.5 Å². The second-order valence-corrected chi connectivity index (χ2v) is 12.0. The van der Waals surface area contributed by atoms with Crippen LogP contribution in [0.1, 0.15) is 37.0 Å². The smallest absolute Gasteiger partial charge is 0.261 e. The van der Waals surface area contributed by atoms with E-state index in [2.05, 4.69) is 4.72 Å². The van der Waals surface area contributed by atoms with Gasteiger partial charge in [-0.15, -0.1) is 11.8 Å². The van der Waals surface area contributed by atoms with Gasteiger partial charge in [0, 0.05) is 36.8 Å².